The predicted molar refractivity (Wildman–Crippen MR) is 73.1 cm³/mol. The molecule has 0 aliphatic carbocycles. The Morgan fingerprint density at radius 2 is 1.53 bits per heavy atom. The zero-order chi connectivity index (χ0) is 14.0. The molecule has 0 bridgehead atoms. The molecule has 0 fully saturated rings. The first-order valence-corrected chi connectivity index (χ1v) is 7.34. The van der Waals surface area contributed by atoms with E-state index in [0.29, 0.717) is 5.02 Å². The number of hydrogen-bond acceptors (Lipinski definition) is 3. The minimum absolute atomic E-state index is 0.00305. The smallest absolute Gasteiger partial charge is 0.219 e. The Hall–Kier alpha value is -1.61. The average Bonchev–Trinajstić information content (AvgIpc) is 2.39. The standard InChI is InChI=1S/C12H7Cl2N2O2S/c13-8-1-3-9(4-2-8)19(17,18)10-5-6-11(14)12(7-10)16-15/h1-7H/q+1. The van der Waals surface area contributed by atoms with Crippen LogP contribution in [0.1, 0.15) is 0 Å². The molecule has 0 N–H and O–H groups in total. The average molecular weight is 314 g/mol. The Labute approximate surface area is 120 Å². The Balaban J connectivity index is 2.57. The summed E-state index contributed by atoms with van der Waals surface area (Å²) in [7, 11) is -3.69. The Morgan fingerprint density at radius 3 is 2.11 bits per heavy atom. The van der Waals surface area contributed by atoms with Crippen molar-refractivity contribution >= 4 is 38.7 Å². The van der Waals surface area contributed by atoms with E-state index in [1.54, 1.807) is 0 Å². The summed E-state index contributed by atoms with van der Waals surface area (Å²) in [5.74, 6) is 0. The zero-order valence-electron chi connectivity index (χ0n) is 9.42. The van der Waals surface area contributed by atoms with E-state index in [1.807, 2.05) is 0 Å². The lowest BCUT2D eigenvalue weighted by molar-refractivity contribution is 0.596. The van der Waals surface area contributed by atoms with E-state index in [1.165, 1.54) is 42.5 Å². The van der Waals surface area contributed by atoms with E-state index in [-0.39, 0.29) is 20.5 Å². The Kier molecular flexibility index (Phi) is 3.76. The summed E-state index contributed by atoms with van der Waals surface area (Å²) in [4.78, 5) is 3.03. The number of halogens is 2. The molecule has 7 heteroatoms. The van der Waals surface area contributed by atoms with Crippen LogP contribution in [0.2, 0.25) is 10.0 Å². The van der Waals surface area contributed by atoms with Crippen LogP contribution < -0.4 is 0 Å². The molecule has 0 amide bonds. The van der Waals surface area contributed by atoms with Crippen molar-refractivity contribution < 1.29 is 8.42 Å². The van der Waals surface area contributed by atoms with Gasteiger partial charge in [0.15, 0.2) is 4.98 Å². The lowest BCUT2D eigenvalue weighted by Gasteiger charge is -2.03. The molecule has 0 aliphatic rings. The molecule has 96 valence electrons. The van der Waals surface area contributed by atoms with Crippen molar-refractivity contribution in [3.8, 4) is 0 Å². The van der Waals surface area contributed by atoms with Crippen LogP contribution in [-0.4, -0.2) is 8.42 Å². The van der Waals surface area contributed by atoms with E-state index < -0.39 is 9.84 Å². The van der Waals surface area contributed by atoms with E-state index in [9.17, 15) is 8.42 Å². The van der Waals surface area contributed by atoms with Crippen LogP contribution in [0, 0.1) is 5.39 Å². The summed E-state index contributed by atoms with van der Waals surface area (Å²) < 4.78 is 24.6. The van der Waals surface area contributed by atoms with Gasteiger partial charge in [0.1, 0.15) is 5.02 Å². The molecule has 0 aromatic heterocycles. The summed E-state index contributed by atoms with van der Waals surface area (Å²) in [6, 6.07) is 9.69. The zero-order valence-corrected chi connectivity index (χ0v) is 11.7. The molecule has 4 nitrogen and oxygen atoms in total. The van der Waals surface area contributed by atoms with Gasteiger partial charge in [-0.1, -0.05) is 23.2 Å². The summed E-state index contributed by atoms with van der Waals surface area (Å²) in [6.45, 7) is 0. The van der Waals surface area contributed by atoms with Gasteiger partial charge in [-0.2, -0.15) is 0 Å². The second-order valence-electron chi connectivity index (χ2n) is 3.67. The lowest BCUT2D eigenvalue weighted by atomic mass is 10.3. The third kappa shape index (κ3) is 2.71. The van der Waals surface area contributed by atoms with Gasteiger partial charge in [-0.05, 0) is 36.4 Å². The van der Waals surface area contributed by atoms with Crippen molar-refractivity contribution in [3.63, 3.8) is 0 Å². The van der Waals surface area contributed by atoms with Crippen molar-refractivity contribution in [1.82, 2.24) is 0 Å². The van der Waals surface area contributed by atoms with E-state index >= 15 is 0 Å². The summed E-state index contributed by atoms with van der Waals surface area (Å²) in [5.41, 5.74) is -0.00305. The summed E-state index contributed by atoms with van der Waals surface area (Å²) >= 11 is 11.5. The second kappa shape index (κ2) is 5.17. The molecule has 2 rings (SSSR count). The normalized spacial score (nSPS) is 11.0. The minimum atomic E-state index is -3.69. The van der Waals surface area contributed by atoms with Crippen LogP contribution in [0.25, 0.3) is 4.98 Å². The van der Waals surface area contributed by atoms with E-state index in [0.717, 1.165) is 0 Å². The highest BCUT2D eigenvalue weighted by molar-refractivity contribution is 7.91. The third-order valence-electron chi connectivity index (χ3n) is 2.46. The molecule has 0 aliphatic heterocycles. The number of sulfone groups is 1. The molecule has 0 atom stereocenters. The number of rotatable bonds is 2. The van der Waals surface area contributed by atoms with Gasteiger partial charge in [0, 0.05) is 5.02 Å². The van der Waals surface area contributed by atoms with Crippen molar-refractivity contribution in [1.29, 1.82) is 5.39 Å². The highest BCUT2D eigenvalue weighted by Gasteiger charge is 2.22. The fraction of sp³-hybridized carbons (Fsp3) is 0. The van der Waals surface area contributed by atoms with Crippen molar-refractivity contribution in [2.45, 2.75) is 9.79 Å². The van der Waals surface area contributed by atoms with Gasteiger partial charge in [0.05, 0.1) is 15.9 Å². The first kappa shape index (κ1) is 13.8. The number of benzene rings is 2. The van der Waals surface area contributed by atoms with Gasteiger partial charge in [0.25, 0.3) is 0 Å². The molecular weight excluding hydrogens is 307 g/mol. The first-order valence-electron chi connectivity index (χ1n) is 5.10. The van der Waals surface area contributed by atoms with Gasteiger partial charge in [0.2, 0.25) is 15.2 Å². The highest BCUT2D eigenvalue weighted by Crippen LogP contribution is 2.30. The molecule has 0 spiro atoms. The van der Waals surface area contributed by atoms with Crippen LogP contribution in [0.4, 0.5) is 5.69 Å². The van der Waals surface area contributed by atoms with Gasteiger partial charge in [-0.25, -0.2) is 8.42 Å². The monoisotopic (exact) mass is 313 g/mol. The lowest BCUT2D eigenvalue weighted by Crippen LogP contribution is -2.01. The third-order valence-corrected chi connectivity index (χ3v) is 4.80. The van der Waals surface area contributed by atoms with Gasteiger partial charge >= 0.3 is 5.69 Å². The molecule has 2 aromatic rings. The minimum Gasteiger partial charge on any atom is -0.219 e. The van der Waals surface area contributed by atoms with E-state index in [4.69, 9.17) is 28.6 Å². The first-order chi connectivity index (χ1) is 8.95. The maximum Gasteiger partial charge on any atom is 0.404 e. The largest absolute Gasteiger partial charge is 0.404 e. The molecule has 0 unspecified atom stereocenters. The topological polar surface area (TPSA) is 62.3 Å². The number of hydrogen-bond donors (Lipinski definition) is 0. The van der Waals surface area contributed by atoms with Crippen LogP contribution in [0.5, 0.6) is 0 Å². The SMILES string of the molecule is N#[N+]c1cc(S(=O)(=O)c2ccc(Cl)cc2)ccc1Cl. The molecular formula is C12H7Cl2N2O2S+. The van der Waals surface area contributed by atoms with Gasteiger partial charge in [-0.3, -0.25) is 0 Å². The molecule has 19 heavy (non-hydrogen) atoms. The fourth-order valence-corrected chi connectivity index (χ4v) is 3.05. The number of nitrogens with zero attached hydrogens (tertiary/aromatic N) is 2. The predicted octanol–water partition coefficient (Wildman–Crippen LogP) is 4.31. The number of diazo groups is 1. The van der Waals surface area contributed by atoms with E-state index in [2.05, 4.69) is 4.98 Å². The molecule has 0 heterocycles. The van der Waals surface area contributed by atoms with Crippen molar-refractivity contribution in [3.05, 3.63) is 57.5 Å². The van der Waals surface area contributed by atoms with Gasteiger partial charge in [-0.15, -0.1) is 0 Å². The molecule has 2 aromatic carbocycles. The fourth-order valence-electron chi connectivity index (χ4n) is 1.49. The Bertz CT molecular complexity index is 765. The van der Waals surface area contributed by atoms with Gasteiger partial charge < -0.3 is 0 Å². The molecule has 0 saturated heterocycles. The highest BCUT2D eigenvalue weighted by atomic mass is 35.5. The van der Waals surface area contributed by atoms with Crippen molar-refractivity contribution in [2.75, 3.05) is 0 Å². The van der Waals surface area contributed by atoms with Crippen LogP contribution in [-0.2, 0) is 9.84 Å². The van der Waals surface area contributed by atoms with Crippen LogP contribution in [0.15, 0.2) is 52.3 Å². The maximum atomic E-state index is 12.3. The van der Waals surface area contributed by atoms with Crippen molar-refractivity contribution in [2.24, 2.45) is 0 Å². The molecule has 0 saturated carbocycles. The maximum absolute atomic E-state index is 12.3. The Morgan fingerprint density at radius 1 is 0.947 bits per heavy atom. The van der Waals surface area contributed by atoms with Crippen LogP contribution in [0.3, 0.4) is 0 Å². The summed E-state index contributed by atoms with van der Waals surface area (Å²) in [6.07, 6.45) is 0. The quantitative estimate of drug-likeness (QED) is 0.776. The summed E-state index contributed by atoms with van der Waals surface area (Å²) in [5, 5.41) is 9.35. The molecule has 0 radical (unpaired) electrons. The second-order valence-corrected chi connectivity index (χ2v) is 6.46. The van der Waals surface area contributed by atoms with Crippen LogP contribution >= 0.6 is 23.2 Å².